The molecule has 8 nitrogen and oxygen atoms in total. The molecular formula is C22H20F2N4O4. The second-order valence-corrected chi connectivity index (χ2v) is 8.09. The van der Waals surface area contributed by atoms with Crippen LogP contribution in [0.3, 0.4) is 0 Å². The number of pyridine rings is 1. The highest BCUT2D eigenvalue weighted by Crippen LogP contribution is 2.40. The molecule has 0 radical (unpaired) electrons. The Morgan fingerprint density at radius 1 is 1.28 bits per heavy atom. The maximum absolute atomic E-state index is 15.8. The molecule has 3 aromatic rings. The molecule has 10 heteroatoms. The van der Waals surface area contributed by atoms with Crippen molar-refractivity contribution in [3.8, 4) is 5.88 Å². The molecule has 166 valence electrons. The minimum absolute atomic E-state index is 0.0561. The summed E-state index contributed by atoms with van der Waals surface area (Å²) in [6, 6.07) is 3.88. The summed E-state index contributed by atoms with van der Waals surface area (Å²) in [6.45, 7) is 0.595. The Bertz CT molecular complexity index is 1260. The van der Waals surface area contributed by atoms with E-state index in [1.807, 2.05) is 0 Å². The van der Waals surface area contributed by atoms with Gasteiger partial charge in [0.1, 0.15) is 23.7 Å². The molecule has 2 aromatic heterocycles. The van der Waals surface area contributed by atoms with Crippen LogP contribution in [-0.4, -0.2) is 45.0 Å². The molecule has 5 rings (SSSR count). The first-order valence-corrected chi connectivity index (χ1v) is 10.4. The molecule has 0 spiro atoms. The van der Waals surface area contributed by atoms with Gasteiger partial charge in [-0.15, -0.1) is 5.10 Å². The van der Waals surface area contributed by atoms with Crippen molar-refractivity contribution in [2.45, 2.75) is 37.8 Å². The average molecular weight is 442 g/mol. The van der Waals surface area contributed by atoms with E-state index < -0.39 is 28.6 Å². The van der Waals surface area contributed by atoms with Crippen LogP contribution >= 0.6 is 0 Å². The van der Waals surface area contributed by atoms with Crippen molar-refractivity contribution in [2.24, 2.45) is 0 Å². The van der Waals surface area contributed by atoms with Crippen molar-refractivity contribution in [3.63, 3.8) is 0 Å². The summed E-state index contributed by atoms with van der Waals surface area (Å²) < 4.78 is 38.2. The maximum Gasteiger partial charge on any atom is 0.341 e. The van der Waals surface area contributed by atoms with E-state index in [0.717, 1.165) is 25.3 Å². The molecule has 2 aliphatic rings. The number of ether oxygens (including phenoxy) is 1. The number of fused-ring (bicyclic) bond motifs is 1. The Hall–Kier alpha value is -3.56. The number of carboxylic acid groups (broad SMARTS) is 1. The Balaban J connectivity index is 1.58. The van der Waals surface area contributed by atoms with Gasteiger partial charge in [0, 0.05) is 31.0 Å². The van der Waals surface area contributed by atoms with E-state index in [2.05, 4.69) is 10.2 Å². The lowest BCUT2D eigenvalue weighted by Crippen LogP contribution is -2.36. The lowest BCUT2D eigenvalue weighted by atomic mass is 10.1. The number of hydrogen-bond acceptors (Lipinski definition) is 6. The van der Waals surface area contributed by atoms with Crippen molar-refractivity contribution in [1.82, 2.24) is 14.8 Å². The number of hydrogen-bond donors (Lipinski definition) is 1. The highest BCUT2D eigenvalue weighted by atomic mass is 19.1. The normalized spacial score (nSPS) is 18.3. The fourth-order valence-corrected chi connectivity index (χ4v) is 4.34. The number of aromatic nitrogens is 3. The number of benzene rings is 1. The van der Waals surface area contributed by atoms with E-state index in [-0.39, 0.29) is 35.3 Å². The van der Waals surface area contributed by atoms with Gasteiger partial charge in [-0.25, -0.2) is 13.6 Å². The molecule has 1 saturated carbocycles. The molecule has 1 atom stereocenters. The Kier molecular flexibility index (Phi) is 4.99. The van der Waals surface area contributed by atoms with Gasteiger partial charge < -0.3 is 19.3 Å². The van der Waals surface area contributed by atoms with Crippen LogP contribution in [0.15, 0.2) is 35.4 Å². The molecule has 1 aliphatic heterocycles. The molecule has 3 heterocycles. The van der Waals surface area contributed by atoms with Crippen molar-refractivity contribution in [3.05, 3.63) is 58.0 Å². The zero-order valence-electron chi connectivity index (χ0n) is 17.0. The predicted octanol–water partition coefficient (Wildman–Crippen LogP) is 3.15. The SMILES string of the molecule is O=C(O)c1cn(C2CC2)c2c(F)c(N3CCC[C@@H]3COc3cccnn3)c(F)cc2c1=O. The third-order valence-electron chi connectivity index (χ3n) is 5.99. The molecule has 1 aliphatic carbocycles. The maximum atomic E-state index is 15.8. The summed E-state index contributed by atoms with van der Waals surface area (Å²) in [5, 5.41) is 16.7. The van der Waals surface area contributed by atoms with E-state index in [1.165, 1.54) is 17.0 Å². The fourth-order valence-electron chi connectivity index (χ4n) is 4.34. The number of halogens is 2. The van der Waals surface area contributed by atoms with Crippen LogP contribution < -0.4 is 15.1 Å². The van der Waals surface area contributed by atoms with Gasteiger partial charge in [-0.3, -0.25) is 4.79 Å². The number of anilines is 1. The number of carbonyl (C=O) groups is 1. The summed E-state index contributed by atoms with van der Waals surface area (Å²) in [5.74, 6) is -2.85. The number of carboxylic acids is 1. The molecule has 1 aromatic carbocycles. The van der Waals surface area contributed by atoms with Crippen LogP contribution in [0.25, 0.3) is 10.9 Å². The standard InChI is InChI=1S/C22H20F2N4O4/c23-16-9-14-19(28(12-5-6-12)10-15(21(14)29)22(30)31)18(24)20(16)27-8-2-3-13(27)11-32-17-4-1-7-25-26-17/h1,4,7,9-10,12-13H,2-3,5-6,8,11H2,(H,30,31)/t13-/m1/s1. The first-order valence-electron chi connectivity index (χ1n) is 10.4. The molecule has 0 bridgehead atoms. The van der Waals surface area contributed by atoms with E-state index in [4.69, 9.17) is 4.74 Å². The minimum atomic E-state index is -1.42. The number of nitrogens with zero attached hydrogens (tertiary/aromatic N) is 4. The molecule has 1 N–H and O–H groups in total. The summed E-state index contributed by atoms with van der Waals surface area (Å²) in [6.07, 6.45) is 5.56. The van der Waals surface area contributed by atoms with E-state index in [1.54, 1.807) is 17.0 Å². The van der Waals surface area contributed by atoms with Crippen LogP contribution in [0.1, 0.15) is 42.1 Å². The smallest absolute Gasteiger partial charge is 0.341 e. The van der Waals surface area contributed by atoms with Gasteiger partial charge >= 0.3 is 5.97 Å². The van der Waals surface area contributed by atoms with Crippen molar-refractivity contribution in [2.75, 3.05) is 18.1 Å². The monoisotopic (exact) mass is 442 g/mol. The molecular weight excluding hydrogens is 422 g/mol. The lowest BCUT2D eigenvalue weighted by molar-refractivity contribution is 0.0694. The van der Waals surface area contributed by atoms with Crippen LogP contribution in [0.5, 0.6) is 5.88 Å². The highest BCUT2D eigenvalue weighted by Gasteiger charge is 2.34. The quantitative estimate of drug-likeness (QED) is 0.626. The second-order valence-electron chi connectivity index (χ2n) is 8.09. The lowest BCUT2D eigenvalue weighted by Gasteiger charge is -2.28. The van der Waals surface area contributed by atoms with Gasteiger partial charge in [0.2, 0.25) is 11.3 Å². The van der Waals surface area contributed by atoms with Gasteiger partial charge in [-0.2, -0.15) is 5.10 Å². The molecule has 1 saturated heterocycles. The highest BCUT2D eigenvalue weighted by molar-refractivity contribution is 5.94. The summed E-state index contributed by atoms with van der Waals surface area (Å²) in [5.41, 5.74) is -1.66. The van der Waals surface area contributed by atoms with Gasteiger partial charge in [0.15, 0.2) is 5.82 Å². The summed E-state index contributed by atoms with van der Waals surface area (Å²) in [7, 11) is 0. The molecule has 0 amide bonds. The summed E-state index contributed by atoms with van der Waals surface area (Å²) >= 11 is 0. The van der Waals surface area contributed by atoms with Gasteiger partial charge in [-0.1, -0.05) is 0 Å². The van der Waals surface area contributed by atoms with Crippen LogP contribution in [0.4, 0.5) is 14.5 Å². The van der Waals surface area contributed by atoms with Crippen LogP contribution in [0.2, 0.25) is 0 Å². The van der Waals surface area contributed by atoms with Crippen molar-refractivity contribution < 1.29 is 23.4 Å². The zero-order valence-corrected chi connectivity index (χ0v) is 17.0. The molecule has 32 heavy (non-hydrogen) atoms. The van der Waals surface area contributed by atoms with E-state index in [0.29, 0.717) is 18.8 Å². The fraction of sp³-hybridized carbons (Fsp3) is 0.364. The number of aromatic carboxylic acids is 1. The van der Waals surface area contributed by atoms with Gasteiger partial charge in [0.25, 0.3) is 0 Å². The average Bonchev–Trinajstić information content (AvgIpc) is 3.52. The topological polar surface area (TPSA) is 97.6 Å². The first kappa shape index (κ1) is 20.3. The molecule has 0 unspecified atom stereocenters. The Morgan fingerprint density at radius 2 is 2.09 bits per heavy atom. The largest absolute Gasteiger partial charge is 0.477 e. The first-order chi connectivity index (χ1) is 15.5. The minimum Gasteiger partial charge on any atom is -0.477 e. The summed E-state index contributed by atoms with van der Waals surface area (Å²) in [4.78, 5) is 25.8. The Labute approximate surface area is 181 Å². The third-order valence-corrected chi connectivity index (χ3v) is 5.99. The zero-order chi connectivity index (χ0) is 22.4. The van der Waals surface area contributed by atoms with E-state index in [9.17, 15) is 14.7 Å². The second kappa shape index (κ2) is 7.85. The van der Waals surface area contributed by atoms with Crippen LogP contribution in [0, 0.1) is 11.6 Å². The third kappa shape index (κ3) is 3.45. The van der Waals surface area contributed by atoms with Gasteiger partial charge in [0.05, 0.1) is 16.9 Å². The predicted molar refractivity (Wildman–Crippen MR) is 111 cm³/mol. The number of rotatable bonds is 6. The van der Waals surface area contributed by atoms with Gasteiger partial charge in [-0.05, 0) is 37.8 Å². The Morgan fingerprint density at radius 3 is 2.78 bits per heavy atom. The van der Waals surface area contributed by atoms with Crippen molar-refractivity contribution in [1.29, 1.82) is 0 Å². The van der Waals surface area contributed by atoms with E-state index >= 15 is 8.78 Å². The van der Waals surface area contributed by atoms with Crippen molar-refractivity contribution >= 4 is 22.6 Å². The molecule has 2 fully saturated rings. The van der Waals surface area contributed by atoms with Crippen LogP contribution in [-0.2, 0) is 0 Å².